The zero-order valence-corrected chi connectivity index (χ0v) is 11.9. The average Bonchev–Trinajstić information content (AvgIpc) is 2.92. The fourth-order valence-electron chi connectivity index (χ4n) is 2.33. The topological polar surface area (TPSA) is 87.6 Å². The molecule has 0 amide bonds. The number of hydrogen-bond donors (Lipinski definition) is 1. The molecule has 3 aromatic rings. The standard InChI is InChI=1S/C16H13N5O/c1-11-6-12(8-13(22)7-11)16-14(9-21(20-16)5-3-17)15-2-4-18-10-19-15/h2,4,6-10,22H,5H2,1H3. The summed E-state index contributed by atoms with van der Waals surface area (Å²) in [5, 5.41) is 23.1. The third-order valence-electron chi connectivity index (χ3n) is 3.19. The highest BCUT2D eigenvalue weighted by molar-refractivity contribution is 5.79. The Hall–Kier alpha value is -3.20. The Morgan fingerprint density at radius 2 is 2.18 bits per heavy atom. The first-order chi connectivity index (χ1) is 10.7. The van der Waals surface area contributed by atoms with Gasteiger partial charge in [-0.25, -0.2) is 9.97 Å². The molecule has 0 aliphatic heterocycles. The van der Waals surface area contributed by atoms with E-state index < -0.39 is 0 Å². The second-order valence-electron chi connectivity index (χ2n) is 4.90. The van der Waals surface area contributed by atoms with Crippen molar-refractivity contribution in [3.8, 4) is 34.3 Å². The number of nitriles is 1. The van der Waals surface area contributed by atoms with Crippen LogP contribution in [0.15, 0.2) is 43.0 Å². The van der Waals surface area contributed by atoms with Crippen molar-refractivity contribution in [3.63, 3.8) is 0 Å². The van der Waals surface area contributed by atoms with Gasteiger partial charge in [0.2, 0.25) is 0 Å². The van der Waals surface area contributed by atoms with Crippen molar-refractivity contribution in [1.29, 1.82) is 5.26 Å². The molecule has 0 bridgehead atoms. The molecule has 0 aliphatic carbocycles. The number of phenolic OH excluding ortho intramolecular Hbond substituents is 1. The van der Waals surface area contributed by atoms with Gasteiger partial charge in [0, 0.05) is 23.5 Å². The summed E-state index contributed by atoms with van der Waals surface area (Å²) in [6.07, 6.45) is 4.90. The molecule has 0 radical (unpaired) electrons. The van der Waals surface area contributed by atoms with E-state index in [1.807, 2.05) is 13.0 Å². The second kappa shape index (κ2) is 5.66. The molecule has 6 heteroatoms. The van der Waals surface area contributed by atoms with Crippen molar-refractivity contribution in [2.75, 3.05) is 0 Å². The van der Waals surface area contributed by atoms with Crippen LogP contribution in [0.5, 0.6) is 5.75 Å². The summed E-state index contributed by atoms with van der Waals surface area (Å²) in [4.78, 5) is 8.16. The number of nitrogens with zero attached hydrogens (tertiary/aromatic N) is 5. The summed E-state index contributed by atoms with van der Waals surface area (Å²) >= 11 is 0. The first-order valence-corrected chi connectivity index (χ1v) is 6.69. The largest absolute Gasteiger partial charge is 0.508 e. The van der Waals surface area contributed by atoms with Crippen molar-refractivity contribution in [2.24, 2.45) is 0 Å². The van der Waals surface area contributed by atoms with Gasteiger partial charge in [-0.15, -0.1) is 0 Å². The van der Waals surface area contributed by atoms with Crippen molar-refractivity contribution in [1.82, 2.24) is 19.7 Å². The number of phenols is 1. The van der Waals surface area contributed by atoms with E-state index in [2.05, 4.69) is 21.1 Å². The Balaban J connectivity index is 2.19. The summed E-state index contributed by atoms with van der Waals surface area (Å²) in [6, 6.07) is 9.12. The lowest BCUT2D eigenvalue weighted by Crippen LogP contribution is -1.95. The van der Waals surface area contributed by atoms with Crippen LogP contribution < -0.4 is 0 Å². The maximum atomic E-state index is 9.81. The third-order valence-corrected chi connectivity index (χ3v) is 3.19. The monoisotopic (exact) mass is 291 g/mol. The van der Waals surface area contributed by atoms with E-state index in [9.17, 15) is 5.11 Å². The highest BCUT2D eigenvalue weighted by Crippen LogP contribution is 2.32. The molecule has 2 heterocycles. The Morgan fingerprint density at radius 1 is 1.32 bits per heavy atom. The van der Waals surface area contributed by atoms with Gasteiger partial charge < -0.3 is 5.11 Å². The molecule has 0 spiro atoms. The fraction of sp³-hybridized carbons (Fsp3) is 0.125. The van der Waals surface area contributed by atoms with Gasteiger partial charge in [-0.05, 0) is 36.8 Å². The van der Waals surface area contributed by atoms with Crippen LogP contribution in [0.3, 0.4) is 0 Å². The van der Waals surface area contributed by atoms with Crippen LogP contribution in [-0.4, -0.2) is 24.9 Å². The molecule has 0 aliphatic rings. The molecular formula is C16H13N5O. The van der Waals surface area contributed by atoms with Crippen molar-refractivity contribution >= 4 is 0 Å². The molecule has 22 heavy (non-hydrogen) atoms. The summed E-state index contributed by atoms with van der Waals surface area (Å²) in [7, 11) is 0. The minimum absolute atomic E-state index is 0.149. The summed E-state index contributed by atoms with van der Waals surface area (Å²) in [6.45, 7) is 2.05. The predicted octanol–water partition coefficient (Wildman–Crippen LogP) is 2.54. The number of benzene rings is 1. The van der Waals surface area contributed by atoms with Gasteiger partial charge in [0.25, 0.3) is 0 Å². The van der Waals surface area contributed by atoms with Crippen LogP contribution >= 0.6 is 0 Å². The maximum Gasteiger partial charge on any atom is 0.128 e. The lowest BCUT2D eigenvalue weighted by atomic mass is 10.0. The molecule has 0 saturated heterocycles. The van der Waals surface area contributed by atoms with Gasteiger partial charge in [0.05, 0.1) is 11.8 Å². The Morgan fingerprint density at radius 3 is 2.86 bits per heavy atom. The molecule has 0 atom stereocenters. The number of aromatic nitrogens is 4. The number of aromatic hydroxyl groups is 1. The molecule has 6 nitrogen and oxygen atoms in total. The molecule has 2 aromatic heterocycles. The Bertz CT molecular complexity index is 828. The quantitative estimate of drug-likeness (QED) is 0.801. The zero-order valence-electron chi connectivity index (χ0n) is 11.9. The van der Waals surface area contributed by atoms with Crippen molar-refractivity contribution < 1.29 is 5.11 Å². The predicted molar refractivity (Wildman–Crippen MR) is 80.7 cm³/mol. The van der Waals surface area contributed by atoms with E-state index in [0.717, 1.165) is 22.4 Å². The molecule has 1 N–H and O–H groups in total. The lowest BCUT2D eigenvalue weighted by molar-refractivity contribution is 0.475. The minimum Gasteiger partial charge on any atom is -0.508 e. The zero-order chi connectivity index (χ0) is 15.5. The highest BCUT2D eigenvalue weighted by Gasteiger charge is 2.15. The fourth-order valence-corrected chi connectivity index (χ4v) is 2.33. The summed E-state index contributed by atoms with van der Waals surface area (Å²) in [5.41, 5.74) is 3.90. The van der Waals surface area contributed by atoms with E-state index in [4.69, 9.17) is 5.26 Å². The first kappa shape index (κ1) is 13.8. The van der Waals surface area contributed by atoms with Crippen LogP contribution in [0.4, 0.5) is 0 Å². The molecule has 3 rings (SSSR count). The van der Waals surface area contributed by atoms with Crippen LogP contribution in [0, 0.1) is 18.3 Å². The van der Waals surface area contributed by atoms with E-state index in [1.54, 1.807) is 35.3 Å². The highest BCUT2D eigenvalue weighted by atomic mass is 16.3. The van der Waals surface area contributed by atoms with E-state index in [1.165, 1.54) is 6.33 Å². The van der Waals surface area contributed by atoms with Crippen LogP contribution in [0.25, 0.3) is 22.5 Å². The molecule has 108 valence electrons. The molecule has 0 unspecified atom stereocenters. The first-order valence-electron chi connectivity index (χ1n) is 6.69. The van der Waals surface area contributed by atoms with E-state index in [0.29, 0.717) is 5.69 Å². The summed E-state index contributed by atoms with van der Waals surface area (Å²) in [5.74, 6) is 0.179. The minimum atomic E-state index is 0.149. The SMILES string of the molecule is Cc1cc(O)cc(-c2nn(CC#N)cc2-c2ccncn2)c1. The number of rotatable bonds is 3. The van der Waals surface area contributed by atoms with Gasteiger partial charge in [-0.3, -0.25) is 4.68 Å². The molecule has 0 fully saturated rings. The van der Waals surface area contributed by atoms with Crippen molar-refractivity contribution in [3.05, 3.63) is 48.5 Å². The molecule has 1 aromatic carbocycles. The second-order valence-corrected chi connectivity index (χ2v) is 4.90. The van der Waals surface area contributed by atoms with E-state index >= 15 is 0 Å². The Labute approximate surface area is 127 Å². The molecule has 0 saturated carbocycles. The number of hydrogen-bond acceptors (Lipinski definition) is 5. The average molecular weight is 291 g/mol. The van der Waals surface area contributed by atoms with Gasteiger partial charge in [-0.2, -0.15) is 10.4 Å². The van der Waals surface area contributed by atoms with Gasteiger partial charge in [-0.1, -0.05) is 0 Å². The van der Waals surface area contributed by atoms with Crippen molar-refractivity contribution in [2.45, 2.75) is 13.5 Å². The smallest absolute Gasteiger partial charge is 0.128 e. The van der Waals surface area contributed by atoms with Crippen LogP contribution in [-0.2, 0) is 6.54 Å². The number of aryl methyl sites for hydroxylation is 1. The summed E-state index contributed by atoms with van der Waals surface area (Å²) < 4.78 is 1.56. The normalized spacial score (nSPS) is 10.4. The lowest BCUT2D eigenvalue weighted by Gasteiger charge is -2.04. The third kappa shape index (κ3) is 2.65. The Kier molecular flexibility index (Phi) is 3.54. The molecular weight excluding hydrogens is 278 g/mol. The van der Waals surface area contributed by atoms with Crippen LogP contribution in [0.1, 0.15) is 5.56 Å². The maximum absolute atomic E-state index is 9.81. The van der Waals surface area contributed by atoms with E-state index in [-0.39, 0.29) is 12.3 Å². The van der Waals surface area contributed by atoms with Gasteiger partial charge >= 0.3 is 0 Å². The van der Waals surface area contributed by atoms with Crippen LogP contribution in [0.2, 0.25) is 0 Å². The van der Waals surface area contributed by atoms with Gasteiger partial charge in [0.15, 0.2) is 0 Å². The van der Waals surface area contributed by atoms with Gasteiger partial charge in [0.1, 0.15) is 24.3 Å².